The highest BCUT2D eigenvalue weighted by molar-refractivity contribution is 5.97. The van der Waals surface area contributed by atoms with Gasteiger partial charge in [-0.15, -0.1) is 0 Å². The fourth-order valence-electron chi connectivity index (χ4n) is 4.05. The Morgan fingerprint density at radius 3 is 2.54 bits per heavy atom. The number of rotatable bonds is 2. The number of para-hydroxylation sites is 1. The molecule has 4 rings (SSSR count). The van der Waals surface area contributed by atoms with Crippen molar-refractivity contribution >= 4 is 16.8 Å². The fourth-order valence-corrected chi connectivity index (χ4v) is 4.05. The van der Waals surface area contributed by atoms with Crippen LogP contribution in [0.25, 0.3) is 10.9 Å². The smallest absolute Gasteiger partial charge is 0.245 e. The first-order valence-corrected chi connectivity index (χ1v) is 8.79. The molecule has 1 aliphatic carbocycles. The monoisotopic (exact) mass is 346 g/mol. The van der Waals surface area contributed by atoms with Crippen molar-refractivity contribution in [2.45, 2.75) is 25.7 Å². The lowest BCUT2D eigenvalue weighted by Gasteiger charge is -2.32. The number of likely N-dealkylation sites (N-methyl/N-ethyl adjacent to an activating group) is 1. The quantitative estimate of drug-likeness (QED) is 0.728. The van der Waals surface area contributed by atoms with Gasteiger partial charge in [0.25, 0.3) is 0 Å². The number of fused-ring (bicyclic) bond motifs is 3. The lowest BCUT2D eigenvalue weighted by atomic mass is 9.95. The average Bonchev–Trinajstić information content (AvgIpc) is 2.91. The van der Waals surface area contributed by atoms with E-state index in [2.05, 4.69) is 35.0 Å². The summed E-state index contributed by atoms with van der Waals surface area (Å²) >= 11 is 0. The van der Waals surface area contributed by atoms with Crippen LogP contribution >= 0.6 is 0 Å². The van der Waals surface area contributed by atoms with Crippen molar-refractivity contribution in [3.63, 3.8) is 0 Å². The van der Waals surface area contributed by atoms with Crippen molar-refractivity contribution in [1.82, 2.24) is 14.4 Å². The van der Waals surface area contributed by atoms with Gasteiger partial charge in [0.1, 0.15) is 0 Å². The van der Waals surface area contributed by atoms with Crippen LogP contribution in [0.2, 0.25) is 0 Å². The van der Waals surface area contributed by atoms with E-state index in [0.29, 0.717) is 6.54 Å². The van der Waals surface area contributed by atoms with Gasteiger partial charge in [0, 0.05) is 37.3 Å². The molecule has 24 heavy (non-hydrogen) atoms. The van der Waals surface area contributed by atoms with Crippen LogP contribution in [0.3, 0.4) is 0 Å². The number of carbonyl (C=O) groups is 1. The molecule has 0 atom stereocenters. The Kier molecular flexibility index (Phi) is 5.28. The third-order valence-corrected chi connectivity index (χ3v) is 5.38. The fraction of sp³-hybridized carbons (Fsp3) is 0.526. The zero-order valence-electron chi connectivity index (χ0n) is 14.3. The van der Waals surface area contributed by atoms with Crippen LogP contribution in [-0.4, -0.2) is 60.0 Å². The summed E-state index contributed by atoms with van der Waals surface area (Å²) in [5.41, 5.74) is 3.80. The lowest BCUT2D eigenvalue weighted by Crippen LogP contribution is -3.00. The van der Waals surface area contributed by atoms with E-state index in [0.717, 1.165) is 44.5 Å². The second-order valence-electron chi connectivity index (χ2n) is 6.96. The zero-order valence-corrected chi connectivity index (χ0v) is 15.1. The number of aromatic nitrogens is 1. The van der Waals surface area contributed by atoms with Gasteiger partial charge in [0.05, 0.1) is 12.1 Å². The van der Waals surface area contributed by atoms with E-state index < -0.39 is 0 Å². The average molecular weight is 347 g/mol. The summed E-state index contributed by atoms with van der Waals surface area (Å²) in [6, 6.07) is 8.43. The van der Waals surface area contributed by atoms with E-state index in [9.17, 15) is 4.79 Å². The Morgan fingerprint density at radius 1 is 1.04 bits per heavy atom. The molecule has 5 heteroatoms. The van der Waals surface area contributed by atoms with Crippen molar-refractivity contribution in [3.05, 3.63) is 35.5 Å². The van der Waals surface area contributed by atoms with Gasteiger partial charge in [-0.2, -0.15) is 0 Å². The second kappa shape index (κ2) is 7.26. The maximum absolute atomic E-state index is 13.0. The maximum atomic E-state index is 13.0. The Balaban J connectivity index is 0.00000169. The van der Waals surface area contributed by atoms with Crippen LogP contribution in [-0.2, 0) is 12.8 Å². The van der Waals surface area contributed by atoms with Gasteiger partial charge in [0.2, 0.25) is 5.91 Å². The van der Waals surface area contributed by atoms with Gasteiger partial charge >= 0.3 is 0 Å². The Hall–Kier alpha value is -1.36. The third-order valence-electron chi connectivity index (χ3n) is 5.38. The van der Waals surface area contributed by atoms with Crippen molar-refractivity contribution in [1.29, 1.82) is 0 Å². The molecular formula is C19H25ClN3O-. The number of halogens is 1. The van der Waals surface area contributed by atoms with E-state index in [1.807, 2.05) is 10.6 Å². The summed E-state index contributed by atoms with van der Waals surface area (Å²) in [7, 11) is 2.15. The molecule has 1 fully saturated rings. The SMILES string of the molecule is CN1CCN(CC(=O)n2c3c(c4ccccc42)CCCC3)CC1.[Cl-]. The minimum Gasteiger partial charge on any atom is -1.00 e. The largest absolute Gasteiger partial charge is 1.00 e. The first-order chi connectivity index (χ1) is 11.2. The highest BCUT2D eigenvalue weighted by Gasteiger charge is 2.25. The minimum absolute atomic E-state index is 0. The summed E-state index contributed by atoms with van der Waals surface area (Å²) in [4.78, 5) is 17.7. The van der Waals surface area contributed by atoms with Crippen molar-refractivity contribution in [3.8, 4) is 0 Å². The van der Waals surface area contributed by atoms with Crippen LogP contribution in [0.4, 0.5) is 0 Å². The number of hydrogen-bond donors (Lipinski definition) is 0. The number of aryl methyl sites for hydroxylation is 1. The molecule has 0 unspecified atom stereocenters. The van der Waals surface area contributed by atoms with Crippen LogP contribution in [0.15, 0.2) is 24.3 Å². The van der Waals surface area contributed by atoms with Gasteiger partial charge < -0.3 is 17.3 Å². The Bertz CT molecular complexity index is 732. The van der Waals surface area contributed by atoms with Crippen LogP contribution < -0.4 is 12.4 Å². The van der Waals surface area contributed by atoms with Crippen LogP contribution in [0, 0.1) is 0 Å². The number of nitrogens with zero attached hydrogens (tertiary/aromatic N) is 3. The predicted octanol–water partition coefficient (Wildman–Crippen LogP) is -0.588. The standard InChI is InChI=1S/C19H25N3O.ClH/c1-20-10-12-21(13-11-20)14-19(23)22-17-8-4-2-6-15(17)16-7-3-5-9-18(16)22;/h2,4,6,8H,3,5,7,9-14H2,1H3;1H/p-1. The molecule has 0 saturated carbocycles. The molecule has 2 heterocycles. The normalized spacial score (nSPS) is 19.0. The van der Waals surface area contributed by atoms with Crippen LogP contribution in [0.5, 0.6) is 0 Å². The number of benzene rings is 1. The summed E-state index contributed by atoms with van der Waals surface area (Å²) in [6.07, 6.45) is 4.60. The maximum Gasteiger partial charge on any atom is 0.245 e. The van der Waals surface area contributed by atoms with Crippen molar-refractivity contribution in [2.24, 2.45) is 0 Å². The molecule has 130 valence electrons. The highest BCUT2D eigenvalue weighted by Crippen LogP contribution is 2.32. The van der Waals surface area contributed by atoms with Gasteiger partial charge in [-0.25, -0.2) is 0 Å². The molecule has 2 aromatic rings. The zero-order chi connectivity index (χ0) is 15.8. The van der Waals surface area contributed by atoms with Gasteiger partial charge in [0.15, 0.2) is 0 Å². The minimum atomic E-state index is 0. The van der Waals surface area contributed by atoms with E-state index >= 15 is 0 Å². The van der Waals surface area contributed by atoms with Crippen LogP contribution in [0.1, 0.15) is 28.9 Å². The summed E-state index contributed by atoms with van der Waals surface area (Å²) < 4.78 is 2.03. The first kappa shape index (κ1) is 17.5. The molecule has 1 saturated heterocycles. The molecule has 0 amide bonds. The third kappa shape index (κ3) is 3.10. The molecule has 4 nitrogen and oxygen atoms in total. The van der Waals surface area contributed by atoms with Gasteiger partial charge in [-0.05, 0) is 44.4 Å². The van der Waals surface area contributed by atoms with Crippen molar-refractivity contribution < 1.29 is 17.2 Å². The molecule has 1 aliphatic heterocycles. The predicted molar refractivity (Wildman–Crippen MR) is 93.1 cm³/mol. The van der Waals surface area contributed by atoms with Gasteiger partial charge in [-0.1, -0.05) is 18.2 Å². The van der Waals surface area contributed by atoms with E-state index in [4.69, 9.17) is 0 Å². The van der Waals surface area contributed by atoms with E-state index in [1.54, 1.807) is 0 Å². The van der Waals surface area contributed by atoms with Crippen molar-refractivity contribution in [2.75, 3.05) is 39.8 Å². The molecule has 0 N–H and O–H groups in total. The highest BCUT2D eigenvalue weighted by atomic mass is 35.5. The summed E-state index contributed by atoms with van der Waals surface area (Å²) in [5.74, 6) is 0.244. The molecule has 2 aliphatic rings. The molecule has 1 aromatic heterocycles. The molecule has 0 spiro atoms. The number of hydrogen-bond acceptors (Lipinski definition) is 3. The topological polar surface area (TPSA) is 28.5 Å². The molecular weight excluding hydrogens is 322 g/mol. The van der Waals surface area contributed by atoms with E-state index in [-0.39, 0.29) is 18.3 Å². The Morgan fingerprint density at radius 2 is 1.75 bits per heavy atom. The number of piperazine rings is 1. The lowest BCUT2D eigenvalue weighted by molar-refractivity contribution is -0.0000143. The number of carbonyl (C=O) groups excluding carboxylic acids is 1. The summed E-state index contributed by atoms with van der Waals surface area (Å²) in [5, 5.41) is 1.29. The molecule has 1 aromatic carbocycles. The second-order valence-corrected chi connectivity index (χ2v) is 6.96. The first-order valence-electron chi connectivity index (χ1n) is 8.79. The van der Waals surface area contributed by atoms with E-state index in [1.165, 1.54) is 29.5 Å². The van der Waals surface area contributed by atoms with Gasteiger partial charge in [-0.3, -0.25) is 14.3 Å². The summed E-state index contributed by atoms with van der Waals surface area (Å²) in [6.45, 7) is 4.63. The molecule has 0 radical (unpaired) electrons. The Labute approximate surface area is 149 Å². The molecule has 0 bridgehead atoms.